The predicted octanol–water partition coefficient (Wildman–Crippen LogP) is 8.06. The Hall–Kier alpha value is -6.30. The van der Waals surface area contributed by atoms with Gasteiger partial charge in [-0.2, -0.15) is 34.9 Å². The van der Waals surface area contributed by atoms with Crippen molar-refractivity contribution in [1.82, 2.24) is 108 Å². The zero-order valence-corrected chi connectivity index (χ0v) is 56.6. The Morgan fingerprint density at radius 2 is 0.626 bits per heavy atom. The summed E-state index contributed by atoms with van der Waals surface area (Å²) < 4.78 is 36.1. The van der Waals surface area contributed by atoms with Gasteiger partial charge in [-0.1, -0.05) is 63.8 Å². The van der Waals surface area contributed by atoms with Gasteiger partial charge in [0.2, 0.25) is 41.2 Å². The highest BCUT2D eigenvalue weighted by Crippen LogP contribution is 2.31. The van der Waals surface area contributed by atoms with E-state index >= 15 is 0 Å². The van der Waals surface area contributed by atoms with Gasteiger partial charge in [0, 0.05) is 57.4 Å². The molecule has 0 radical (unpaired) electrons. The van der Waals surface area contributed by atoms with Gasteiger partial charge >= 0.3 is 0 Å². The van der Waals surface area contributed by atoms with Gasteiger partial charge < -0.3 is 68.9 Å². The Morgan fingerprint density at radius 3 is 0.912 bits per heavy atom. The smallest absolute Gasteiger partial charge is 0.231 e. The number of nitrogens with zero attached hydrogens (tertiary/aromatic N) is 14. The highest BCUT2D eigenvalue weighted by Gasteiger charge is 2.31. The first-order chi connectivity index (χ1) is 43.8. The molecule has 7 saturated heterocycles. The van der Waals surface area contributed by atoms with Gasteiger partial charge in [-0.3, -0.25) is 0 Å². The maximum absolute atomic E-state index is 5.17. The molecule has 0 spiro atoms. The van der Waals surface area contributed by atoms with E-state index in [1.54, 1.807) is 0 Å². The average Bonchev–Trinajstić information content (AvgIpc) is 2.53. The molecule has 7 aromatic heterocycles. The van der Waals surface area contributed by atoms with Crippen molar-refractivity contribution in [1.29, 1.82) is 0 Å². The summed E-state index contributed by atoms with van der Waals surface area (Å²) in [6, 6.07) is 1.70. The first-order valence-electron chi connectivity index (χ1n) is 33.5. The van der Waals surface area contributed by atoms with Gasteiger partial charge in [0.15, 0.2) is 40.8 Å². The lowest BCUT2D eigenvalue weighted by atomic mass is 9.88. The van der Waals surface area contributed by atoms with Crippen molar-refractivity contribution in [2.45, 2.75) is 221 Å². The molecule has 14 atom stereocenters. The van der Waals surface area contributed by atoms with Crippen LogP contribution in [0.5, 0.6) is 0 Å². The zero-order chi connectivity index (χ0) is 64.8. The van der Waals surface area contributed by atoms with Crippen LogP contribution in [0.1, 0.15) is 236 Å². The summed E-state index contributed by atoms with van der Waals surface area (Å²) >= 11 is 0. The Morgan fingerprint density at radius 1 is 0.297 bits per heavy atom. The van der Waals surface area contributed by atoms with Crippen LogP contribution in [-0.2, 0) is 0 Å². The fourth-order valence-electron chi connectivity index (χ4n) is 12.4. The molecule has 7 aliphatic heterocycles. The van der Waals surface area contributed by atoms with Gasteiger partial charge in [-0.15, -0.1) is 0 Å². The summed E-state index contributed by atoms with van der Waals surface area (Å²) in [5.74, 6) is 16.1. The quantitative estimate of drug-likeness (QED) is 0.0793. The van der Waals surface area contributed by atoms with E-state index in [1.165, 1.54) is 32.1 Å². The fourth-order valence-corrected chi connectivity index (χ4v) is 12.4. The molecule has 7 aliphatic rings. The molecule has 0 amide bonds. The normalized spacial score (nSPS) is 29.1. The molecule has 7 aromatic rings. The minimum Gasteiger partial charge on any atom is -0.339 e. The van der Waals surface area contributed by atoms with Crippen molar-refractivity contribution in [2.75, 3.05) is 72.0 Å². The summed E-state index contributed by atoms with van der Waals surface area (Å²) in [7, 11) is 0. The Kier molecular flexibility index (Phi) is 27.7. The molecule has 14 rings (SSSR count). The lowest BCUT2D eigenvalue weighted by Crippen LogP contribution is -2.37. The molecule has 0 saturated carbocycles. The van der Waals surface area contributed by atoms with Gasteiger partial charge in [0.25, 0.3) is 0 Å². The van der Waals surface area contributed by atoms with Crippen molar-refractivity contribution in [2.24, 2.45) is 23.7 Å². The number of aromatic nitrogens is 14. The molecule has 0 bridgehead atoms. The number of rotatable bonds is 7. The van der Waals surface area contributed by atoms with Crippen LogP contribution in [0, 0.1) is 72.1 Å². The van der Waals surface area contributed by atoms with Crippen molar-refractivity contribution in [3.05, 3.63) is 82.0 Å². The van der Waals surface area contributed by atoms with Gasteiger partial charge in [0.05, 0.1) is 41.4 Å². The Labute approximate surface area is 536 Å². The standard InChI is InChI=1S/7C9H15N3O/c2*1-6-3-8(5-10-4-6)9-11-7(2)12-13-9;2*1-6-3-4-10-5-8(6)9-11-7(2)12-13-9;2*1-6-3-4-8(5-10-6)9-11-7(2)12-13-9;1-6-8(4-3-5-10-6)9-11-7(2)12-13-9/h7*6,8,10H,3-5H2,1-2H3/t6-,8+;6-,8-;6-,8+;6-,8-;6-,8+;2*6-,8-/m0011001/s1. The molecule has 28 heteroatoms. The van der Waals surface area contributed by atoms with Crippen LogP contribution in [0.4, 0.5) is 0 Å². The Bertz CT molecular complexity index is 2860. The van der Waals surface area contributed by atoms with Gasteiger partial charge in [-0.25, -0.2) is 0 Å². The van der Waals surface area contributed by atoms with Crippen molar-refractivity contribution < 1.29 is 31.7 Å². The monoisotopic (exact) mass is 1270 g/mol. The van der Waals surface area contributed by atoms with Crippen LogP contribution in [0.15, 0.2) is 31.7 Å². The molecule has 91 heavy (non-hydrogen) atoms. The molecule has 0 aliphatic carbocycles. The van der Waals surface area contributed by atoms with Crippen molar-refractivity contribution >= 4 is 0 Å². The molecule has 7 fully saturated rings. The third-order valence-corrected chi connectivity index (χ3v) is 18.0. The molecular formula is C63H105N21O7. The fraction of sp³-hybridized carbons (Fsp3) is 0.778. The number of hydrogen-bond donors (Lipinski definition) is 7. The SMILES string of the molecule is Cc1noc([C@@H]2CCCN[C@@H]2C)n1.Cc1noc([C@@H]2CC[C@H](C)NC2)n1.Cc1noc([C@@H]2CNCC[C@H]2C)n1.Cc1noc([C@@H]2CNC[C@@H](C)C2)n1.Cc1noc([C@H]2CC[C@H](C)NC2)n1.Cc1noc([C@H]2CNCC[C@H]2C)n1.Cc1noc([C@H]2CNC[C@@H](C)C2)n1. The van der Waals surface area contributed by atoms with Crippen LogP contribution >= 0.6 is 0 Å². The third-order valence-electron chi connectivity index (χ3n) is 18.0. The molecular weight excluding hydrogens is 1160 g/mol. The molecule has 7 N–H and O–H groups in total. The summed E-state index contributed by atoms with van der Waals surface area (Å²) in [5.41, 5.74) is 0. The van der Waals surface area contributed by atoms with Crippen LogP contribution in [-0.4, -0.2) is 161 Å². The van der Waals surface area contributed by atoms with Gasteiger partial charge in [0.1, 0.15) is 0 Å². The third kappa shape index (κ3) is 22.5. The molecule has 504 valence electrons. The molecule has 14 heterocycles. The van der Waals surface area contributed by atoms with E-state index < -0.39 is 0 Å². The van der Waals surface area contributed by atoms with Crippen LogP contribution < -0.4 is 37.2 Å². The first kappa shape index (κ1) is 70.6. The number of aryl methyl sites for hydroxylation is 7. The van der Waals surface area contributed by atoms with E-state index in [9.17, 15) is 0 Å². The molecule has 0 aromatic carbocycles. The zero-order valence-electron chi connectivity index (χ0n) is 56.6. The Balaban J connectivity index is 0.000000137. The minimum atomic E-state index is 0.398. The first-order valence-corrected chi connectivity index (χ1v) is 33.5. The van der Waals surface area contributed by atoms with Gasteiger partial charge in [-0.05, 0) is 190 Å². The highest BCUT2D eigenvalue weighted by molar-refractivity contribution is 5.03. The summed E-state index contributed by atoms with van der Waals surface area (Å²) in [4.78, 5) is 29.8. The second kappa shape index (κ2) is 35.7. The van der Waals surface area contributed by atoms with Crippen molar-refractivity contribution in [3.63, 3.8) is 0 Å². The summed E-state index contributed by atoms with van der Waals surface area (Å²) in [5, 5.41) is 50.3. The maximum Gasteiger partial charge on any atom is 0.231 e. The molecule has 0 unspecified atom stereocenters. The van der Waals surface area contributed by atoms with E-state index in [2.05, 4.69) is 157 Å². The average molecular weight is 1270 g/mol. The summed E-state index contributed by atoms with van der Waals surface area (Å²) in [6.07, 6.45) is 11.7. The summed E-state index contributed by atoms with van der Waals surface area (Å²) in [6.45, 7) is 39.8. The van der Waals surface area contributed by atoms with E-state index in [4.69, 9.17) is 31.7 Å². The molecule has 28 nitrogen and oxygen atoms in total. The second-order valence-corrected chi connectivity index (χ2v) is 26.5. The van der Waals surface area contributed by atoms with Crippen molar-refractivity contribution in [3.8, 4) is 0 Å². The van der Waals surface area contributed by atoms with Crippen LogP contribution in [0.3, 0.4) is 0 Å². The largest absolute Gasteiger partial charge is 0.339 e. The van der Waals surface area contributed by atoms with Crippen LogP contribution in [0.2, 0.25) is 0 Å². The lowest BCUT2D eigenvalue weighted by molar-refractivity contribution is 0.269. The maximum atomic E-state index is 5.17. The van der Waals surface area contributed by atoms with E-state index in [0.29, 0.717) is 83.2 Å². The minimum absolute atomic E-state index is 0.398. The number of hydrogen-bond acceptors (Lipinski definition) is 28. The lowest BCUT2D eigenvalue weighted by Gasteiger charge is -2.26. The number of piperidine rings is 7. The van der Waals surface area contributed by atoms with E-state index in [0.717, 1.165) is 186 Å². The van der Waals surface area contributed by atoms with E-state index in [1.807, 2.05) is 48.5 Å². The topological polar surface area (TPSA) is 357 Å². The second-order valence-electron chi connectivity index (χ2n) is 26.5. The van der Waals surface area contributed by atoms with Crippen LogP contribution in [0.25, 0.3) is 0 Å². The predicted molar refractivity (Wildman–Crippen MR) is 339 cm³/mol. The van der Waals surface area contributed by atoms with E-state index in [-0.39, 0.29) is 0 Å². The number of nitrogens with one attached hydrogen (secondary N) is 7. The highest BCUT2D eigenvalue weighted by atomic mass is 16.5.